The van der Waals surface area contributed by atoms with Gasteiger partial charge in [0, 0.05) is 34.8 Å². The standard InChI is InChI=1S/C33H36ClFN2O6/c1-5-19-11-21(34)12-20(6-2)31(19)36-29(38)16-37-15-25(24-14-28-27(10-18(24)4)42-17-43-28)30(33(39)40)32(37)23-9-8-22(41-7-3)13-26(23)35/h8-14,25,30,32H,5-7,15-17H2,1-4H3,(H,36,38)(H,39,40)/t25-,30?,32+/m1/s1. The summed E-state index contributed by atoms with van der Waals surface area (Å²) in [5, 5.41) is 14.3. The monoisotopic (exact) mass is 610 g/mol. The summed E-state index contributed by atoms with van der Waals surface area (Å²) in [6.45, 7) is 8.18. The van der Waals surface area contributed by atoms with Crippen LogP contribution in [0.3, 0.4) is 0 Å². The zero-order chi connectivity index (χ0) is 30.8. The van der Waals surface area contributed by atoms with E-state index in [1.165, 1.54) is 6.07 Å². The molecule has 43 heavy (non-hydrogen) atoms. The number of hydrogen-bond acceptors (Lipinski definition) is 6. The second kappa shape index (κ2) is 12.8. The van der Waals surface area contributed by atoms with Crippen molar-refractivity contribution in [3.05, 3.63) is 81.1 Å². The van der Waals surface area contributed by atoms with Gasteiger partial charge in [0.05, 0.1) is 25.1 Å². The summed E-state index contributed by atoms with van der Waals surface area (Å²) < 4.78 is 32.3. The normalized spacial score (nSPS) is 19.4. The Kier molecular flexibility index (Phi) is 9.13. The predicted molar refractivity (Wildman–Crippen MR) is 162 cm³/mol. The maximum atomic E-state index is 15.7. The van der Waals surface area contributed by atoms with E-state index in [1.807, 2.05) is 45.0 Å². The number of carboxylic acids is 1. The molecule has 3 aromatic carbocycles. The van der Waals surface area contributed by atoms with Crippen molar-refractivity contribution in [1.29, 1.82) is 0 Å². The number of benzene rings is 3. The second-order valence-electron chi connectivity index (χ2n) is 10.9. The zero-order valence-electron chi connectivity index (χ0n) is 24.7. The highest BCUT2D eigenvalue weighted by Gasteiger charge is 2.49. The number of likely N-dealkylation sites (tertiary alicyclic amines) is 1. The second-order valence-corrected chi connectivity index (χ2v) is 11.3. The maximum Gasteiger partial charge on any atom is 0.309 e. The van der Waals surface area contributed by atoms with Crippen molar-refractivity contribution < 1.29 is 33.3 Å². The SMILES string of the molecule is CCOc1ccc([C@H]2C(C(=O)O)[C@@H](c3cc4c(cc3C)OCO4)CN2CC(=O)Nc2c(CC)cc(Cl)cc2CC)c(F)c1. The lowest BCUT2D eigenvalue weighted by Gasteiger charge is -2.28. The molecule has 0 aliphatic carbocycles. The average Bonchev–Trinajstić information content (AvgIpc) is 3.57. The molecular weight excluding hydrogens is 575 g/mol. The number of carbonyl (C=O) groups is 2. The molecule has 1 fully saturated rings. The van der Waals surface area contributed by atoms with Crippen molar-refractivity contribution in [3.63, 3.8) is 0 Å². The number of rotatable bonds is 10. The van der Waals surface area contributed by atoms with Gasteiger partial charge in [-0.3, -0.25) is 14.5 Å². The number of carbonyl (C=O) groups excluding carboxylic acids is 1. The summed E-state index contributed by atoms with van der Waals surface area (Å²) in [5.41, 5.74) is 4.31. The molecular formula is C33H36ClFN2O6. The first-order chi connectivity index (χ1) is 20.6. The minimum absolute atomic E-state index is 0.0851. The van der Waals surface area contributed by atoms with E-state index in [2.05, 4.69) is 5.32 Å². The lowest BCUT2D eigenvalue weighted by molar-refractivity contribution is -0.143. The Balaban J connectivity index is 1.54. The predicted octanol–water partition coefficient (Wildman–Crippen LogP) is 6.52. The van der Waals surface area contributed by atoms with Crippen LogP contribution in [-0.2, 0) is 22.4 Å². The largest absolute Gasteiger partial charge is 0.494 e. The van der Waals surface area contributed by atoms with Crippen molar-refractivity contribution in [2.75, 3.05) is 31.8 Å². The highest BCUT2D eigenvalue weighted by molar-refractivity contribution is 6.30. The fourth-order valence-corrected chi connectivity index (χ4v) is 6.61. The molecule has 0 aromatic heterocycles. The Hall–Kier alpha value is -3.82. The van der Waals surface area contributed by atoms with Crippen molar-refractivity contribution in [3.8, 4) is 17.2 Å². The summed E-state index contributed by atoms with van der Waals surface area (Å²) in [6, 6.07) is 10.9. The molecule has 8 nitrogen and oxygen atoms in total. The fourth-order valence-electron chi connectivity index (χ4n) is 6.35. The van der Waals surface area contributed by atoms with E-state index in [0.717, 1.165) is 22.3 Å². The highest BCUT2D eigenvalue weighted by Crippen LogP contribution is 2.49. The third-order valence-corrected chi connectivity index (χ3v) is 8.50. The quantitative estimate of drug-likeness (QED) is 0.270. The number of nitrogens with zero attached hydrogens (tertiary/aromatic N) is 1. The summed E-state index contributed by atoms with van der Waals surface area (Å²) >= 11 is 6.32. The first kappa shape index (κ1) is 30.6. The number of halogens is 2. The van der Waals surface area contributed by atoms with Crippen molar-refractivity contribution in [1.82, 2.24) is 4.90 Å². The fraction of sp³-hybridized carbons (Fsp3) is 0.394. The minimum Gasteiger partial charge on any atom is -0.494 e. The van der Waals surface area contributed by atoms with E-state index >= 15 is 4.39 Å². The van der Waals surface area contributed by atoms with Gasteiger partial charge in [0.15, 0.2) is 11.5 Å². The van der Waals surface area contributed by atoms with Crippen LogP contribution in [0.25, 0.3) is 0 Å². The van der Waals surface area contributed by atoms with Gasteiger partial charge in [0.2, 0.25) is 12.7 Å². The van der Waals surface area contributed by atoms with E-state index in [1.54, 1.807) is 24.0 Å². The molecule has 3 atom stereocenters. The first-order valence-electron chi connectivity index (χ1n) is 14.5. The average molecular weight is 611 g/mol. The van der Waals surface area contributed by atoms with Crippen LogP contribution in [-0.4, -0.2) is 48.4 Å². The number of hydrogen-bond donors (Lipinski definition) is 2. The van der Waals surface area contributed by atoms with Gasteiger partial charge in [-0.25, -0.2) is 4.39 Å². The van der Waals surface area contributed by atoms with E-state index in [0.29, 0.717) is 47.4 Å². The lowest BCUT2D eigenvalue weighted by atomic mass is 9.81. The number of aliphatic carboxylic acids is 1. The smallest absolute Gasteiger partial charge is 0.309 e. The van der Waals surface area contributed by atoms with Crippen LogP contribution in [0.15, 0.2) is 42.5 Å². The van der Waals surface area contributed by atoms with Crippen LogP contribution < -0.4 is 19.5 Å². The van der Waals surface area contributed by atoms with Gasteiger partial charge >= 0.3 is 5.97 Å². The Morgan fingerprint density at radius 2 is 1.72 bits per heavy atom. The summed E-state index contributed by atoms with van der Waals surface area (Å²) in [7, 11) is 0. The molecule has 1 saturated heterocycles. The molecule has 2 aliphatic heterocycles. The number of carboxylic acid groups (broad SMARTS) is 1. The Bertz CT molecular complexity index is 1520. The van der Waals surface area contributed by atoms with E-state index < -0.39 is 29.7 Å². The number of aryl methyl sites for hydroxylation is 3. The van der Waals surface area contributed by atoms with Crippen LogP contribution in [0.5, 0.6) is 17.2 Å². The molecule has 10 heteroatoms. The van der Waals surface area contributed by atoms with Gasteiger partial charge < -0.3 is 24.6 Å². The zero-order valence-corrected chi connectivity index (χ0v) is 25.5. The van der Waals surface area contributed by atoms with Crippen LogP contribution in [0.2, 0.25) is 5.02 Å². The molecule has 0 saturated carbocycles. The van der Waals surface area contributed by atoms with E-state index in [-0.39, 0.29) is 31.4 Å². The third kappa shape index (κ3) is 6.15. The number of ether oxygens (including phenoxy) is 3. The summed E-state index contributed by atoms with van der Waals surface area (Å²) in [4.78, 5) is 28.4. The van der Waals surface area contributed by atoms with Crippen molar-refractivity contribution in [2.24, 2.45) is 5.92 Å². The molecule has 0 bridgehead atoms. The van der Waals surface area contributed by atoms with Gasteiger partial charge in [0.1, 0.15) is 11.6 Å². The Morgan fingerprint density at radius 3 is 2.33 bits per heavy atom. The molecule has 0 spiro atoms. The van der Waals surface area contributed by atoms with Gasteiger partial charge in [-0.15, -0.1) is 0 Å². The van der Waals surface area contributed by atoms with Gasteiger partial charge in [-0.05, 0) is 79.3 Å². The van der Waals surface area contributed by atoms with Gasteiger partial charge in [-0.2, -0.15) is 0 Å². The van der Waals surface area contributed by atoms with Crippen molar-refractivity contribution >= 4 is 29.2 Å². The number of nitrogens with one attached hydrogen (secondary N) is 1. The number of fused-ring (bicyclic) bond motifs is 1. The molecule has 0 radical (unpaired) electrons. The summed E-state index contributed by atoms with van der Waals surface area (Å²) in [5.74, 6) is -2.11. The van der Waals surface area contributed by atoms with Crippen LogP contribution >= 0.6 is 11.6 Å². The Labute approximate surface area is 255 Å². The first-order valence-corrected chi connectivity index (χ1v) is 14.9. The van der Waals surface area contributed by atoms with Crippen LogP contribution in [0.4, 0.5) is 10.1 Å². The molecule has 228 valence electrons. The topological polar surface area (TPSA) is 97.3 Å². The minimum atomic E-state index is -1.08. The molecule has 5 rings (SSSR count). The van der Waals surface area contributed by atoms with Crippen molar-refractivity contribution in [2.45, 2.75) is 52.5 Å². The van der Waals surface area contributed by atoms with Crippen LogP contribution in [0.1, 0.15) is 60.5 Å². The van der Waals surface area contributed by atoms with E-state index in [9.17, 15) is 14.7 Å². The number of amides is 1. The molecule has 1 amide bonds. The van der Waals surface area contributed by atoms with Gasteiger partial charge in [0.25, 0.3) is 0 Å². The van der Waals surface area contributed by atoms with E-state index in [4.69, 9.17) is 25.8 Å². The lowest BCUT2D eigenvalue weighted by Crippen LogP contribution is -2.36. The molecule has 2 aliphatic rings. The van der Waals surface area contributed by atoms with Gasteiger partial charge in [-0.1, -0.05) is 31.5 Å². The third-order valence-electron chi connectivity index (χ3n) is 8.29. The molecule has 2 N–H and O–H groups in total. The van der Waals surface area contributed by atoms with Crippen LogP contribution in [0, 0.1) is 18.7 Å². The molecule has 2 heterocycles. The highest BCUT2D eigenvalue weighted by atomic mass is 35.5. The molecule has 3 aromatic rings. The maximum absolute atomic E-state index is 15.7. The summed E-state index contributed by atoms with van der Waals surface area (Å²) in [6.07, 6.45) is 1.33. The Morgan fingerprint density at radius 1 is 1.05 bits per heavy atom. The number of anilines is 1. The molecule has 1 unspecified atom stereocenters.